The minimum atomic E-state index is -0.242. The summed E-state index contributed by atoms with van der Waals surface area (Å²) < 4.78 is 0. The fourth-order valence-electron chi connectivity index (χ4n) is 1.01. The molecule has 0 aromatic carbocycles. The van der Waals surface area contributed by atoms with Crippen LogP contribution < -0.4 is 16.0 Å². The molecule has 2 amide bonds. The molecule has 0 unspecified atom stereocenters. The van der Waals surface area contributed by atoms with Crippen LogP contribution in [0.25, 0.3) is 0 Å². The van der Waals surface area contributed by atoms with Crippen LogP contribution in [0.4, 0.5) is 0 Å². The van der Waals surface area contributed by atoms with Crippen molar-refractivity contribution in [3.8, 4) is 6.07 Å². The molecule has 6 heteroatoms. The van der Waals surface area contributed by atoms with E-state index in [0.29, 0.717) is 25.4 Å². The van der Waals surface area contributed by atoms with Gasteiger partial charge < -0.3 is 16.0 Å². The van der Waals surface area contributed by atoms with Gasteiger partial charge in [0, 0.05) is 19.5 Å². The number of rotatable bonds is 8. The van der Waals surface area contributed by atoms with Crippen LogP contribution >= 0.6 is 0 Å². The first kappa shape index (κ1) is 15.4. The number of nitrogens with one attached hydrogen (secondary N) is 3. The van der Waals surface area contributed by atoms with Crippen LogP contribution in [0, 0.1) is 17.2 Å². The predicted molar refractivity (Wildman–Crippen MR) is 64.0 cm³/mol. The summed E-state index contributed by atoms with van der Waals surface area (Å²) >= 11 is 0. The summed E-state index contributed by atoms with van der Waals surface area (Å²) in [7, 11) is 0. The minimum Gasteiger partial charge on any atom is -0.356 e. The zero-order valence-corrected chi connectivity index (χ0v) is 10.4. The van der Waals surface area contributed by atoms with Crippen LogP contribution in [0.5, 0.6) is 0 Å². The minimum absolute atomic E-state index is 0.00931. The number of nitrogens with zero attached hydrogens (tertiary/aromatic N) is 1. The van der Waals surface area contributed by atoms with Gasteiger partial charge in [0.2, 0.25) is 11.8 Å². The van der Waals surface area contributed by atoms with Gasteiger partial charge in [0.1, 0.15) is 6.54 Å². The maximum absolute atomic E-state index is 11.3. The summed E-state index contributed by atoms with van der Waals surface area (Å²) in [5.41, 5.74) is 0. The van der Waals surface area contributed by atoms with E-state index in [4.69, 9.17) is 5.26 Å². The summed E-state index contributed by atoms with van der Waals surface area (Å²) in [6.07, 6.45) is 0.345. The lowest BCUT2D eigenvalue weighted by atomic mass is 10.2. The van der Waals surface area contributed by atoms with Crippen molar-refractivity contribution >= 4 is 11.8 Å². The molecule has 96 valence electrons. The summed E-state index contributed by atoms with van der Waals surface area (Å²) in [6, 6.07) is 1.81. The molecule has 0 atom stereocenters. The highest BCUT2D eigenvalue weighted by Gasteiger charge is 2.03. The molecule has 0 spiro atoms. The molecule has 0 aliphatic heterocycles. The van der Waals surface area contributed by atoms with Crippen molar-refractivity contribution in [1.29, 1.82) is 5.26 Å². The van der Waals surface area contributed by atoms with E-state index < -0.39 is 0 Å². The van der Waals surface area contributed by atoms with Crippen molar-refractivity contribution < 1.29 is 9.59 Å². The second kappa shape index (κ2) is 9.60. The van der Waals surface area contributed by atoms with Gasteiger partial charge in [0.15, 0.2) is 0 Å². The highest BCUT2D eigenvalue weighted by molar-refractivity contribution is 5.78. The van der Waals surface area contributed by atoms with Gasteiger partial charge in [-0.05, 0) is 5.92 Å². The van der Waals surface area contributed by atoms with Gasteiger partial charge in [-0.1, -0.05) is 13.8 Å². The van der Waals surface area contributed by atoms with E-state index in [1.807, 2.05) is 19.9 Å². The predicted octanol–water partition coefficient (Wildman–Crippen LogP) is -0.622. The van der Waals surface area contributed by atoms with Gasteiger partial charge in [-0.3, -0.25) is 9.59 Å². The molecule has 0 radical (unpaired) electrons. The van der Waals surface area contributed by atoms with Gasteiger partial charge in [0.05, 0.1) is 12.6 Å². The normalized spacial score (nSPS) is 9.76. The van der Waals surface area contributed by atoms with E-state index in [1.165, 1.54) is 0 Å². The summed E-state index contributed by atoms with van der Waals surface area (Å²) in [5, 5.41) is 16.2. The molecule has 0 aliphatic rings. The van der Waals surface area contributed by atoms with E-state index in [1.54, 1.807) is 0 Å². The molecular weight excluding hydrogens is 220 g/mol. The van der Waals surface area contributed by atoms with Crippen molar-refractivity contribution in [3.05, 3.63) is 0 Å². The second-order valence-corrected chi connectivity index (χ2v) is 4.06. The highest BCUT2D eigenvalue weighted by Crippen LogP contribution is 1.87. The molecule has 17 heavy (non-hydrogen) atoms. The lowest BCUT2D eigenvalue weighted by Gasteiger charge is -2.08. The number of carbonyl (C=O) groups is 2. The van der Waals surface area contributed by atoms with Gasteiger partial charge in [0.25, 0.3) is 0 Å². The lowest BCUT2D eigenvalue weighted by Crippen LogP contribution is -2.36. The van der Waals surface area contributed by atoms with Crippen molar-refractivity contribution in [2.45, 2.75) is 20.3 Å². The summed E-state index contributed by atoms with van der Waals surface area (Å²) in [4.78, 5) is 22.3. The molecule has 0 aliphatic carbocycles. The third kappa shape index (κ3) is 10.7. The first-order chi connectivity index (χ1) is 8.06. The fourth-order valence-corrected chi connectivity index (χ4v) is 1.01. The Morgan fingerprint density at radius 1 is 1.24 bits per heavy atom. The molecule has 0 bridgehead atoms. The first-order valence-electron chi connectivity index (χ1n) is 5.67. The zero-order chi connectivity index (χ0) is 13.1. The molecule has 0 heterocycles. The van der Waals surface area contributed by atoms with Gasteiger partial charge in [-0.25, -0.2) is 0 Å². The number of hydrogen-bond acceptors (Lipinski definition) is 4. The smallest absolute Gasteiger partial charge is 0.234 e. The Labute approximate surface area is 102 Å². The molecular formula is C11H20N4O2. The van der Waals surface area contributed by atoms with Crippen LogP contribution in [-0.2, 0) is 9.59 Å². The summed E-state index contributed by atoms with van der Waals surface area (Å²) in [6.45, 7) is 5.30. The van der Waals surface area contributed by atoms with Gasteiger partial charge in [-0.2, -0.15) is 5.26 Å². The molecule has 0 saturated carbocycles. The van der Waals surface area contributed by atoms with E-state index in [9.17, 15) is 9.59 Å². The van der Waals surface area contributed by atoms with Crippen LogP contribution in [0.2, 0.25) is 0 Å². The second-order valence-electron chi connectivity index (χ2n) is 4.06. The Morgan fingerprint density at radius 2 is 1.94 bits per heavy atom. The maximum atomic E-state index is 11.3. The monoisotopic (exact) mass is 240 g/mol. The molecule has 6 nitrogen and oxygen atoms in total. The third-order valence-electron chi connectivity index (χ3n) is 1.89. The molecule has 0 fully saturated rings. The van der Waals surface area contributed by atoms with Crippen molar-refractivity contribution in [1.82, 2.24) is 16.0 Å². The van der Waals surface area contributed by atoms with Crippen molar-refractivity contribution in [2.24, 2.45) is 5.92 Å². The van der Waals surface area contributed by atoms with Crippen LogP contribution in [0.3, 0.4) is 0 Å². The largest absolute Gasteiger partial charge is 0.356 e. The van der Waals surface area contributed by atoms with Crippen molar-refractivity contribution in [3.63, 3.8) is 0 Å². The number of amides is 2. The van der Waals surface area contributed by atoms with Gasteiger partial charge >= 0.3 is 0 Å². The number of hydrogen-bond donors (Lipinski definition) is 3. The first-order valence-corrected chi connectivity index (χ1v) is 5.67. The van der Waals surface area contributed by atoms with Gasteiger partial charge in [-0.15, -0.1) is 0 Å². The highest BCUT2D eigenvalue weighted by atomic mass is 16.2. The summed E-state index contributed by atoms with van der Waals surface area (Å²) in [5.74, 6) is 0.168. The Bertz CT molecular complexity index is 284. The van der Waals surface area contributed by atoms with E-state index >= 15 is 0 Å². The number of carbonyl (C=O) groups excluding carboxylic acids is 2. The average Bonchev–Trinajstić information content (AvgIpc) is 2.29. The third-order valence-corrected chi connectivity index (χ3v) is 1.89. The van der Waals surface area contributed by atoms with Crippen LogP contribution in [0.15, 0.2) is 0 Å². The zero-order valence-electron chi connectivity index (χ0n) is 10.4. The Balaban J connectivity index is 3.42. The Kier molecular flexibility index (Phi) is 8.69. The Morgan fingerprint density at radius 3 is 2.53 bits per heavy atom. The molecule has 3 N–H and O–H groups in total. The molecule has 0 aromatic heterocycles. The van der Waals surface area contributed by atoms with E-state index in [-0.39, 0.29) is 24.9 Å². The SMILES string of the molecule is CC(C)CNC(=O)CCNCC(=O)NCC#N. The van der Waals surface area contributed by atoms with E-state index in [2.05, 4.69) is 16.0 Å². The van der Waals surface area contributed by atoms with Crippen LogP contribution in [0.1, 0.15) is 20.3 Å². The quantitative estimate of drug-likeness (QED) is 0.389. The fraction of sp³-hybridized carbons (Fsp3) is 0.727. The standard InChI is InChI=1S/C11H20N4O2/c1-9(2)7-15-10(16)3-5-13-8-11(17)14-6-4-12/h9,13H,3,5-8H2,1-2H3,(H,14,17)(H,15,16). The molecule has 0 rings (SSSR count). The molecule has 0 aromatic rings. The maximum Gasteiger partial charge on any atom is 0.234 e. The van der Waals surface area contributed by atoms with E-state index in [0.717, 1.165) is 0 Å². The number of nitriles is 1. The Hall–Kier alpha value is -1.61. The average molecular weight is 240 g/mol. The molecule has 0 saturated heterocycles. The van der Waals surface area contributed by atoms with Crippen molar-refractivity contribution in [2.75, 3.05) is 26.2 Å². The van der Waals surface area contributed by atoms with Crippen LogP contribution in [-0.4, -0.2) is 38.0 Å². The lowest BCUT2D eigenvalue weighted by molar-refractivity contribution is -0.122. The topological polar surface area (TPSA) is 94.0 Å².